The third-order valence-corrected chi connectivity index (χ3v) is 8.64. The lowest BCUT2D eigenvalue weighted by molar-refractivity contribution is -0.138. The van der Waals surface area contributed by atoms with Gasteiger partial charge in [-0.2, -0.15) is 26.3 Å². The van der Waals surface area contributed by atoms with E-state index in [0.717, 1.165) is 53.5 Å². The number of hydrogen-bond donors (Lipinski definition) is 2. The van der Waals surface area contributed by atoms with E-state index in [1.807, 2.05) is 6.92 Å². The number of nitrogens with zero attached hydrogens (tertiary/aromatic N) is 6. The number of anilines is 2. The van der Waals surface area contributed by atoms with Crippen molar-refractivity contribution in [1.29, 1.82) is 0 Å². The molecule has 4 heterocycles. The van der Waals surface area contributed by atoms with Crippen molar-refractivity contribution in [2.24, 2.45) is 0 Å². The van der Waals surface area contributed by atoms with Crippen LogP contribution in [0.5, 0.6) is 0 Å². The Labute approximate surface area is 291 Å². The average Bonchev–Trinajstić information content (AvgIpc) is 3.74. The monoisotopic (exact) mass is 802 g/mol. The predicted molar refractivity (Wildman–Crippen MR) is 178 cm³/mol. The summed E-state index contributed by atoms with van der Waals surface area (Å²) < 4.78 is 74.9. The van der Waals surface area contributed by atoms with Gasteiger partial charge in [0.15, 0.2) is 0 Å². The van der Waals surface area contributed by atoms with Gasteiger partial charge in [0.2, 0.25) is 0 Å². The van der Waals surface area contributed by atoms with Crippen molar-refractivity contribution in [1.82, 2.24) is 29.9 Å². The quantitative estimate of drug-likeness (QED) is 0.152. The van der Waals surface area contributed by atoms with Gasteiger partial charge in [-0.3, -0.25) is 4.98 Å². The largest absolute Gasteiger partial charge is 0.417 e. The molecule has 0 amide bonds. The first-order chi connectivity index (χ1) is 22.7. The van der Waals surface area contributed by atoms with Crippen molar-refractivity contribution in [3.63, 3.8) is 0 Å². The summed E-state index contributed by atoms with van der Waals surface area (Å²) in [5.74, 6) is 3.00. The molecule has 0 aliphatic heterocycles. The van der Waals surface area contributed by atoms with Crippen molar-refractivity contribution in [2.75, 3.05) is 10.6 Å². The Balaban J connectivity index is 0.000000177. The van der Waals surface area contributed by atoms with E-state index in [0.29, 0.717) is 39.6 Å². The molecule has 0 aromatic carbocycles. The molecule has 4 aromatic heterocycles. The molecule has 6 rings (SSSR count). The summed E-state index contributed by atoms with van der Waals surface area (Å²) in [6.45, 7) is 3.69. The van der Waals surface area contributed by atoms with Gasteiger partial charge < -0.3 is 10.6 Å². The molecule has 0 bridgehead atoms. The van der Waals surface area contributed by atoms with Gasteiger partial charge in [0, 0.05) is 36.9 Å². The number of aryl methyl sites for hydroxylation is 2. The Morgan fingerprint density at radius 1 is 0.604 bits per heavy atom. The molecule has 4 aromatic rings. The number of aromatic nitrogens is 6. The molecule has 2 aliphatic rings. The van der Waals surface area contributed by atoms with Gasteiger partial charge in [-0.05, 0) is 95.7 Å². The van der Waals surface area contributed by atoms with Crippen LogP contribution in [0, 0.1) is 13.8 Å². The van der Waals surface area contributed by atoms with Crippen molar-refractivity contribution < 1.29 is 26.3 Å². The van der Waals surface area contributed by atoms with E-state index in [1.165, 1.54) is 50.7 Å². The van der Waals surface area contributed by atoms with Gasteiger partial charge in [-0.1, -0.05) is 25.7 Å². The second-order valence-corrected chi connectivity index (χ2v) is 13.0. The summed E-state index contributed by atoms with van der Waals surface area (Å²) in [5, 5.41) is 6.83. The van der Waals surface area contributed by atoms with Gasteiger partial charge in [0.25, 0.3) is 0 Å². The Bertz CT molecular complexity index is 1610. The maximum absolute atomic E-state index is 12.6. The molecule has 2 fully saturated rings. The third kappa shape index (κ3) is 11.3. The van der Waals surface area contributed by atoms with E-state index in [1.54, 1.807) is 19.3 Å². The molecule has 16 heteroatoms. The van der Waals surface area contributed by atoms with Crippen LogP contribution < -0.4 is 10.6 Å². The zero-order valence-corrected chi connectivity index (χ0v) is 29.3. The number of alkyl halides is 6. The van der Waals surface area contributed by atoms with Gasteiger partial charge in [-0.25, -0.2) is 24.9 Å². The van der Waals surface area contributed by atoms with E-state index >= 15 is 0 Å². The standard InChI is InChI=1S/C16H17F3N4.C10H14BrN3.C6H3BrF3N/c1-10-20-9-13(15(22-10)23-12-4-2-3-5-12)14-7-6-11(8-21-14)16(17,18)19;1-7-12-6-9(11)10(13-7)14-8-4-2-3-5-8;7-5-2-1-4(3-11-5)6(8,9)10/h6-9,12H,2-5H2,1H3,(H,20,22,23);6,8H,2-5H2,1H3,(H,12,13,14);1-3H. The minimum absolute atomic E-state index is 0.345. The molecule has 2 N–H and O–H groups in total. The molecule has 2 saturated carbocycles. The molecule has 2 aliphatic carbocycles. The van der Waals surface area contributed by atoms with Gasteiger partial charge in [0.1, 0.15) is 27.9 Å². The highest BCUT2D eigenvalue weighted by atomic mass is 79.9. The van der Waals surface area contributed by atoms with E-state index in [9.17, 15) is 26.3 Å². The molecule has 0 atom stereocenters. The first-order valence-electron chi connectivity index (χ1n) is 15.3. The van der Waals surface area contributed by atoms with E-state index in [2.05, 4.69) is 72.4 Å². The van der Waals surface area contributed by atoms with E-state index in [4.69, 9.17) is 0 Å². The second kappa shape index (κ2) is 16.8. The number of hydrogen-bond acceptors (Lipinski definition) is 8. The van der Waals surface area contributed by atoms with Crippen LogP contribution in [0.1, 0.15) is 74.1 Å². The Morgan fingerprint density at radius 3 is 1.56 bits per heavy atom. The van der Waals surface area contributed by atoms with Crippen LogP contribution in [-0.4, -0.2) is 42.0 Å². The summed E-state index contributed by atoms with van der Waals surface area (Å²) in [6.07, 6.45) is 6.03. The molecular weight excluding hydrogens is 770 g/mol. The van der Waals surface area contributed by atoms with Crippen LogP contribution in [-0.2, 0) is 12.4 Å². The van der Waals surface area contributed by atoms with Crippen LogP contribution in [0.3, 0.4) is 0 Å². The molecule has 48 heavy (non-hydrogen) atoms. The van der Waals surface area contributed by atoms with Crippen molar-refractivity contribution in [2.45, 2.75) is 89.7 Å². The zero-order chi connectivity index (χ0) is 34.9. The zero-order valence-electron chi connectivity index (χ0n) is 26.1. The third-order valence-electron chi connectivity index (χ3n) is 7.59. The van der Waals surface area contributed by atoms with Gasteiger partial charge >= 0.3 is 12.4 Å². The fourth-order valence-corrected chi connectivity index (χ4v) is 5.66. The molecule has 0 spiro atoms. The van der Waals surface area contributed by atoms with Crippen LogP contribution in [0.15, 0.2) is 58.1 Å². The molecule has 0 unspecified atom stereocenters. The molecule has 0 saturated heterocycles. The highest BCUT2D eigenvalue weighted by Crippen LogP contribution is 2.32. The molecular formula is C32H34Br2F6N8. The lowest BCUT2D eigenvalue weighted by Crippen LogP contribution is -2.17. The van der Waals surface area contributed by atoms with E-state index < -0.39 is 23.5 Å². The topological polar surface area (TPSA) is 101 Å². The van der Waals surface area contributed by atoms with Crippen LogP contribution >= 0.6 is 31.9 Å². The lowest BCUT2D eigenvalue weighted by Gasteiger charge is -2.16. The highest BCUT2D eigenvalue weighted by Gasteiger charge is 2.31. The summed E-state index contributed by atoms with van der Waals surface area (Å²) in [4.78, 5) is 24.4. The fourth-order valence-electron chi connectivity index (χ4n) is 5.12. The number of halogens is 8. The minimum Gasteiger partial charge on any atom is -0.367 e. The normalized spacial score (nSPS) is 15.3. The number of nitrogens with one attached hydrogen (secondary N) is 2. The highest BCUT2D eigenvalue weighted by molar-refractivity contribution is 9.10. The van der Waals surface area contributed by atoms with Crippen LogP contribution in [0.25, 0.3) is 11.3 Å². The van der Waals surface area contributed by atoms with Crippen LogP contribution in [0.2, 0.25) is 0 Å². The summed E-state index contributed by atoms with van der Waals surface area (Å²) in [7, 11) is 0. The Morgan fingerprint density at radius 2 is 1.08 bits per heavy atom. The average molecular weight is 804 g/mol. The summed E-state index contributed by atoms with van der Waals surface area (Å²) in [5.41, 5.74) is -0.449. The molecule has 8 nitrogen and oxygen atoms in total. The van der Waals surface area contributed by atoms with Crippen molar-refractivity contribution in [3.05, 3.63) is 80.9 Å². The Kier molecular flexibility index (Phi) is 13.1. The van der Waals surface area contributed by atoms with Crippen LogP contribution in [0.4, 0.5) is 38.0 Å². The van der Waals surface area contributed by atoms with Gasteiger partial charge in [0.05, 0.1) is 26.9 Å². The smallest absolute Gasteiger partial charge is 0.367 e. The number of pyridine rings is 2. The lowest BCUT2D eigenvalue weighted by atomic mass is 10.1. The van der Waals surface area contributed by atoms with E-state index in [-0.39, 0.29) is 0 Å². The first kappa shape index (κ1) is 37.4. The SMILES string of the molecule is Cc1ncc(-c2ccc(C(F)(F)F)cn2)c(NC2CCCC2)n1.Cc1ncc(Br)c(NC2CCCC2)n1.FC(F)(F)c1ccc(Br)nc1. The fraction of sp³-hybridized carbons (Fsp3) is 0.438. The maximum Gasteiger partial charge on any atom is 0.417 e. The maximum atomic E-state index is 12.6. The number of rotatable bonds is 5. The Hall–Kier alpha value is -3.40. The van der Waals surface area contributed by atoms with Crippen molar-refractivity contribution >= 4 is 43.5 Å². The van der Waals surface area contributed by atoms with Crippen molar-refractivity contribution in [3.8, 4) is 11.3 Å². The summed E-state index contributed by atoms with van der Waals surface area (Å²) in [6, 6.07) is 5.55. The van der Waals surface area contributed by atoms with Gasteiger partial charge in [-0.15, -0.1) is 0 Å². The predicted octanol–water partition coefficient (Wildman–Crippen LogP) is 9.99. The minimum atomic E-state index is -4.39. The molecule has 0 radical (unpaired) electrons. The summed E-state index contributed by atoms with van der Waals surface area (Å²) >= 11 is 6.38. The first-order valence-corrected chi connectivity index (χ1v) is 16.9. The second-order valence-electron chi connectivity index (χ2n) is 11.3. The molecule has 258 valence electrons.